The van der Waals surface area contributed by atoms with Gasteiger partial charge in [0.15, 0.2) is 9.84 Å². The second-order valence-corrected chi connectivity index (χ2v) is 8.10. The van der Waals surface area contributed by atoms with Crippen LogP contribution in [0, 0.1) is 0 Å². The number of aromatic nitrogens is 3. The molecule has 0 N–H and O–H groups in total. The molecule has 0 fully saturated rings. The molecule has 0 saturated heterocycles. The van der Waals surface area contributed by atoms with Gasteiger partial charge in [-0.25, -0.2) is 17.9 Å². The molecular weight excluding hydrogens is 396 g/mol. The third-order valence-corrected chi connectivity index (χ3v) is 5.23. The zero-order valence-electron chi connectivity index (χ0n) is 12.8. The van der Waals surface area contributed by atoms with Gasteiger partial charge in [-0.1, -0.05) is 0 Å². The molecule has 3 aromatic heterocycles. The average Bonchev–Trinajstić information content (AvgIpc) is 2.93. The Morgan fingerprint density at radius 1 is 1.25 bits per heavy atom. The lowest BCUT2D eigenvalue weighted by Gasteiger charge is -2.16. The molecule has 0 spiro atoms. The van der Waals surface area contributed by atoms with Crippen LogP contribution < -0.4 is 4.90 Å². The Bertz CT molecular complexity index is 1030. The zero-order chi connectivity index (χ0) is 17.5. The fourth-order valence-electron chi connectivity index (χ4n) is 2.17. The van der Waals surface area contributed by atoms with Crippen LogP contribution in [0.4, 0.5) is 5.82 Å². The molecule has 0 atom stereocenters. The van der Waals surface area contributed by atoms with E-state index in [1.165, 1.54) is 23.2 Å². The number of carbonyl (C=O) groups is 1. The van der Waals surface area contributed by atoms with Crippen molar-refractivity contribution < 1.29 is 13.2 Å². The molecule has 1 amide bonds. The van der Waals surface area contributed by atoms with Gasteiger partial charge < -0.3 is 0 Å². The molecule has 9 heteroatoms. The molecule has 0 aliphatic heterocycles. The summed E-state index contributed by atoms with van der Waals surface area (Å²) in [5, 5.41) is 4.13. The van der Waals surface area contributed by atoms with Gasteiger partial charge in [0.1, 0.15) is 5.82 Å². The number of rotatable bonds is 3. The van der Waals surface area contributed by atoms with Crippen molar-refractivity contribution in [1.82, 2.24) is 14.6 Å². The van der Waals surface area contributed by atoms with Crippen LogP contribution in [0.25, 0.3) is 5.52 Å². The van der Waals surface area contributed by atoms with Crippen LogP contribution in [0.3, 0.4) is 0 Å². The Balaban J connectivity index is 1.91. The highest BCUT2D eigenvalue weighted by Crippen LogP contribution is 2.20. The number of hydrogen-bond acceptors (Lipinski definition) is 5. The van der Waals surface area contributed by atoms with Crippen molar-refractivity contribution in [2.75, 3.05) is 18.2 Å². The molecule has 0 aromatic carbocycles. The highest BCUT2D eigenvalue weighted by Gasteiger charge is 2.17. The minimum Gasteiger partial charge on any atom is -0.296 e. The van der Waals surface area contributed by atoms with E-state index >= 15 is 0 Å². The number of hydrogen-bond donors (Lipinski definition) is 0. The highest BCUT2D eigenvalue weighted by molar-refractivity contribution is 9.10. The Morgan fingerprint density at radius 3 is 2.62 bits per heavy atom. The summed E-state index contributed by atoms with van der Waals surface area (Å²) in [5.74, 6) is 0.102. The van der Waals surface area contributed by atoms with Crippen LogP contribution in [0.2, 0.25) is 0 Å². The van der Waals surface area contributed by atoms with Gasteiger partial charge >= 0.3 is 0 Å². The van der Waals surface area contributed by atoms with E-state index in [9.17, 15) is 13.2 Å². The van der Waals surface area contributed by atoms with E-state index < -0.39 is 9.84 Å². The van der Waals surface area contributed by atoms with Crippen molar-refractivity contribution in [3.63, 3.8) is 0 Å². The van der Waals surface area contributed by atoms with Crippen molar-refractivity contribution in [3.8, 4) is 0 Å². The number of anilines is 1. The molecule has 24 heavy (non-hydrogen) atoms. The minimum atomic E-state index is -3.32. The van der Waals surface area contributed by atoms with Crippen molar-refractivity contribution >= 4 is 43.0 Å². The standard InChI is InChI=1S/C15H13BrN4O3S/c1-19(14-4-3-11(8-17-14)24(2,22)23)15(21)10-5-6-20-13(7-10)12(16)9-18-20/h3-9H,1-2H3. The third-order valence-electron chi connectivity index (χ3n) is 3.52. The first-order valence-electron chi connectivity index (χ1n) is 6.84. The van der Waals surface area contributed by atoms with Gasteiger partial charge in [-0.3, -0.25) is 9.69 Å². The number of nitrogens with zero attached hydrogens (tertiary/aromatic N) is 4. The van der Waals surface area contributed by atoms with Gasteiger partial charge in [0, 0.05) is 31.3 Å². The second-order valence-electron chi connectivity index (χ2n) is 5.23. The highest BCUT2D eigenvalue weighted by atomic mass is 79.9. The molecule has 0 radical (unpaired) electrons. The Labute approximate surface area is 147 Å². The zero-order valence-corrected chi connectivity index (χ0v) is 15.2. The number of fused-ring (bicyclic) bond motifs is 1. The molecule has 0 bridgehead atoms. The van der Waals surface area contributed by atoms with Crippen LogP contribution in [-0.4, -0.2) is 42.2 Å². The van der Waals surface area contributed by atoms with Crippen molar-refractivity contribution in [2.45, 2.75) is 4.90 Å². The maximum atomic E-state index is 12.6. The molecule has 0 aliphatic rings. The predicted octanol–water partition coefficient (Wildman–Crippen LogP) is 2.17. The number of carbonyl (C=O) groups excluding carboxylic acids is 1. The number of sulfone groups is 1. The van der Waals surface area contributed by atoms with E-state index in [-0.39, 0.29) is 10.8 Å². The maximum Gasteiger partial charge on any atom is 0.259 e. The first-order valence-corrected chi connectivity index (χ1v) is 9.53. The monoisotopic (exact) mass is 408 g/mol. The van der Waals surface area contributed by atoms with Crippen LogP contribution >= 0.6 is 15.9 Å². The van der Waals surface area contributed by atoms with Gasteiger partial charge in [-0.2, -0.15) is 5.10 Å². The molecule has 3 aromatic rings. The van der Waals surface area contributed by atoms with Gasteiger partial charge in [0.2, 0.25) is 0 Å². The predicted molar refractivity (Wildman–Crippen MR) is 93.0 cm³/mol. The second kappa shape index (κ2) is 5.99. The Kier molecular flexibility index (Phi) is 4.14. The lowest BCUT2D eigenvalue weighted by molar-refractivity contribution is 0.0992. The number of pyridine rings is 2. The number of amides is 1. The average molecular weight is 409 g/mol. The van der Waals surface area contributed by atoms with Crippen molar-refractivity contribution in [1.29, 1.82) is 0 Å². The summed E-state index contributed by atoms with van der Waals surface area (Å²) < 4.78 is 25.4. The van der Waals surface area contributed by atoms with Crippen molar-refractivity contribution in [2.24, 2.45) is 0 Å². The maximum absolute atomic E-state index is 12.6. The summed E-state index contributed by atoms with van der Waals surface area (Å²) in [6, 6.07) is 6.32. The van der Waals surface area contributed by atoms with Crippen LogP contribution in [0.1, 0.15) is 10.4 Å². The van der Waals surface area contributed by atoms with Gasteiger partial charge in [-0.15, -0.1) is 0 Å². The lowest BCUT2D eigenvalue weighted by Crippen LogP contribution is -2.27. The van der Waals surface area contributed by atoms with Gasteiger partial charge in [-0.05, 0) is 40.2 Å². The SMILES string of the molecule is CN(C(=O)c1ccn2ncc(Br)c2c1)c1ccc(S(C)(=O)=O)cn1. The normalized spacial score (nSPS) is 11.6. The smallest absolute Gasteiger partial charge is 0.259 e. The quantitative estimate of drug-likeness (QED) is 0.662. The molecule has 3 heterocycles. The van der Waals surface area contributed by atoms with E-state index in [0.29, 0.717) is 11.4 Å². The van der Waals surface area contributed by atoms with Gasteiger partial charge in [0.25, 0.3) is 5.91 Å². The molecule has 0 unspecified atom stereocenters. The van der Waals surface area contributed by atoms with Crippen molar-refractivity contribution in [3.05, 3.63) is 52.9 Å². The Morgan fingerprint density at radius 2 is 2.00 bits per heavy atom. The van der Waals surface area contributed by atoms with E-state index in [2.05, 4.69) is 26.0 Å². The number of halogens is 1. The summed E-state index contributed by atoms with van der Waals surface area (Å²) >= 11 is 3.38. The largest absolute Gasteiger partial charge is 0.296 e. The topological polar surface area (TPSA) is 84.6 Å². The first-order chi connectivity index (χ1) is 11.3. The first kappa shape index (κ1) is 16.6. The molecule has 0 saturated carbocycles. The van der Waals surface area contributed by atoms with Crippen LogP contribution in [0.5, 0.6) is 0 Å². The lowest BCUT2D eigenvalue weighted by atomic mass is 10.2. The van der Waals surface area contributed by atoms with Gasteiger partial charge in [0.05, 0.1) is 21.1 Å². The summed E-state index contributed by atoms with van der Waals surface area (Å²) in [6.07, 6.45) is 5.70. The summed E-state index contributed by atoms with van der Waals surface area (Å²) in [6.45, 7) is 0. The van der Waals surface area contributed by atoms with E-state index in [4.69, 9.17) is 0 Å². The van der Waals surface area contributed by atoms with E-state index in [1.54, 1.807) is 36.1 Å². The fourth-order valence-corrected chi connectivity index (χ4v) is 3.12. The Hall–Kier alpha value is -2.26. The van der Waals surface area contributed by atoms with E-state index in [1.807, 2.05) is 0 Å². The summed E-state index contributed by atoms with van der Waals surface area (Å²) in [5.41, 5.74) is 1.25. The molecule has 0 aliphatic carbocycles. The molecule has 3 rings (SSSR count). The third kappa shape index (κ3) is 3.04. The molecule has 7 nitrogen and oxygen atoms in total. The summed E-state index contributed by atoms with van der Waals surface area (Å²) in [7, 11) is -1.74. The minimum absolute atomic E-state index is 0.108. The molecule has 124 valence electrons. The molecular formula is C15H13BrN4O3S. The van der Waals surface area contributed by atoms with Crippen LogP contribution in [-0.2, 0) is 9.84 Å². The fraction of sp³-hybridized carbons (Fsp3) is 0.133. The summed E-state index contributed by atoms with van der Waals surface area (Å²) in [4.78, 5) is 18.2. The van der Waals surface area contributed by atoms with Crippen LogP contribution in [0.15, 0.2) is 52.2 Å². The van der Waals surface area contributed by atoms with E-state index in [0.717, 1.165) is 16.2 Å².